The molecule has 0 atom stereocenters. The molecule has 5 heterocycles. The lowest BCUT2D eigenvalue weighted by atomic mass is 10.1. The minimum absolute atomic E-state index is 0.166. The van der Waals surface area contributed by atoms with E-state index >= 15 is 0 Å². The number of hydrogen-bond acceptors (Lipinski definition) is 16. The highest BCUT2D eigenvalue weighted by Crippen LogP contribution is 2.29. The normalized spacial score (nSPS) is 9.94. The Labute approximate surface area is 482 Å². The van der Waals surface area contributed by atoms with E-state index < -0.39 is 23.7 Å². The molecule has 0 fully saturated rings. The van der Waals surface area contributed by atoms with E-state index in [1.54, 1.807) is 57.2 Å². The van der Waals surface area contributed by atoms with E-state index in [9.17, 15) is 37.5 Å². The zero-order valence-electron chi connectivity index (χ0n) is 44.2. The van der Waals surface area contributed by atoms with Gasteiger partial charge in [-0.15, -0.1) is 0 Å². The summed E-state index contributed by atoms with van der Waals surface area (Å²) in [4.78, 5) is 86.9. The lowest BCUT2D eigenvalue weighted by molar-refractivity contribution is 0.0686. The maximum Gasteiger partial charge on any atom is 0.335 e. The van der Waals surface area contributed by atoms with Crippen LogP contribution in [0.2, 0.25) is 15.3 Å². The van der Waals surface area contributed by atoms with Gasteiger partial charge in [-0.25, -0.2) is 48.1 Å². The molecule has 0 aliphatic carbocycles. The van der Waals surface area contributed by atoms with Gasteiger partial charge in [-0.05, 0) is 128 Å². The molecule has 0 unspecified atom stereocenters. The molecule has 3 amide bonds. The number of carboxylic acids is 3. The summed E-state index contributed by atoms with van der Waals surface area (Å²) in [5.41, 5.74) is 17.3. The van der Waals surface area contributed by atoms with E-state index in [4.69, 9.17) is 61.6 Å². The first-order valence-corrected chi connectivity index (χ1v) is 24.7. The topological polar surface area (TPSA) is 352 Å². The molecule has 22 nitrogen and oxygen atoms in total. The molecule has 82 heavy (non-hydrogen) atoms. The van der Waals surface area contributed by atoms with Crippen LogP contribution in [0.3, 0.4) is 0 Å². The van der Waals surface area contributed by atoms with Gasteiger partial charge in [-0.2, -0.15) is 0 Å². The molecule has 0 radical (unpaired) electrons. The minimum Gasteiger partial charge on any atom is -0.478 e. The van der Waals surface area contributed by atoms with Gasteiger partial charge < -0.3 is 58.7 Å². The highest BCUT2D eigenvalue weighted by molar-refractivity contribution is 6.36. The fourth-order valence-corrected chi connectivity index (χ4v) is 7.05. The van der Waals surface area contributed by atoms with Crippen molar-refractivity contribution in [3.05, 3.63) is 205 Å². The van der Waals surface area contributed by atoms with Gasteiger partial charge in [-0.3, -0.25) is 14.4 Å². The van der Waals surface area contributed by atoms with Gasteiger partial charge in [0.2, 0.25) is 0 Å². The number of carbonyl (C=O) groups excluding carboxylic acids is 3. The fourth-order valence-electron chi connectivity index (χ4n) is 6.44. The summed E-state index contributed by atoms with van der Waals surface area (Å²) in [6.45, 7) is 5.32. The number of halogens is 5. The number of aromatic carboxylic acids is 3. The predicted molar refractivity (Wildman–Crippen MR) is 309 cm³/mol. The van der Waals surface area contributed by atoms with Crippen LogP contribution in [0.15, 0.2) is 128 Å². The number of carbonyl (C=O) groups is 6. The highest BCUT2D eigenvalue weighted by atomic mass is 35.5. The van der Waals surface area contributed by atoms with Crippen LogP contribution in [0.1, 0.15) is 78.8 Å². The van der Waals surface area contributed by atoms with Crippen LogP contribution in [0.5, 0.6) is 0 Å². The summed E-state index contributed by atoms with van der Waals surface area (Å²) < 4.78 is 25.0. The van der Waals surface area contributed by atoms with Crippen LogP contribution in [0.4, 0.5) is 54.7 Å². The SMILES string of the molecule is CNC(=O)c1cnc(Cl)cc1Cl.CNC(=O)c1cnc(Cl)cc1Nc1ccc(C(=O)O)cc1C.CNC(=O)c1cnc(Nc2ccc(F)cn2)cc1Nc1ccc(C(=O)O)cc1C.Cc1cc(C(=O)O)ccc1N.Nc1ccc(F)cn1. The van der Waals surface area contributed by atoms with E-state index in [2.05, 4.69) is 56.8 Å². The fraction of sp³-hybridized carbons (Fsp3) is 0.109. The van der Waals surface area contributed by atoms with Crippen molar-refractivity contribution in [2.75, 3.05) is 48.6 Å². The van der Waals surface area contributed by atoms with Gasteiger partial charge in [0.15, 0.2) is 0 Å². The number of benzene rings is 3. The quantitative estimate of drug-likeness (QED) is 0.0400. The summed E-state index contributed by atoms with van der Waals surface area (Å²) in [5, 5.41) is 44.1. The van der Waals surface area contributed by atoms with Crippen molar-refractivity contribution in [1.29, 1.82) is 0 Å². The smallest absolute Gasteiger partial charge is 0.335 e. The van der Waals surface area contributed by atoms with Crippen molar-refractivity contribution in [2.24, 2.45) is 0 Å². The van der Waals surface area contributed by atoms with Crippen LogP contribution in [0, 0.1) is 32.4 Å². The average molecular weight is 1180 g/mol. The number of aryl methyl sites for hydroxylation is 3. The molecule has 27 heteroatoms. The summed E-state index contributed by atoms with van der Waals surface area (Å²) in [7, 11) is 4.55. The maximum atomic E-state index is 13.0. The summed E-state index contributed by atoms with van der Waals surface area (Å²) >= 11 is 17.1. The molecule has 0 spiro atoms. The zero-order valence-corrected chi connectivity index (χ0v) is 46.5. The van der Waals surface area contributed by atoms with E-state index in [1.807, 2.05) is 0 Å². The number of nitrogens with two attached hydrogens (primary N) is 2. The number of amides is 3. The molecule has 5 aromatic heterocycles. The Hall–Kier alpha value is -10.0. The molecule has 8 aromatic rings. The first-order valence-electron chi connectivity index (χ1n) is 23.5. The van der Waals surface area contributed by atoms with Gasteiger partial charge >= 0.3 is 17.9 Å². The van der Waals surface area contributed by atoms with Crippen molar-refractivity contribution < 1.29 is 52.9 Å². The lowest BCUT2D eigenvalue weighted by Crippen LogP contribution is -2.19. The molecule has 8 rings (SSSR count). The molecular weight excluding hydrogens is 1130 g/mol. The first-order chi connectivity index (χ1) is 38.8. The second-order valence-corrected chi connectivity index (χ2v) is 17.8. The Morgan fingerprint density at radius 2 is 0.854 bits per heavy atom. The van der Waals surface area contributed by atoms with Gasteiger partial charge in [0.05, 0.1) is 62.2 Å². The highest BCUT2D eigenvalue weighted by Gasteiger charge is 2.17. The first kappa shape index (κ1) is 64.5. The number of nitrogens with one attached hydrogen (secondary N) is 6. The molecule has 13 N–H and O–H groups in total. The lowest BCUT2D eigenvalue weighted by Gasteiger charge is -2.15. The van der Waals surface area contributed by atoms with Gasteiger partial charge in [0.25, 0.3) is 17.7 Å². The largest absolute Gasteiger partial charge is 0.478 e. The van der Waals surface area contributed by atoms with E-state index in [0.717, 1.165) is 23.5 Å². The van der Waals surface area contributed by atoms with E-state index in [1.165, 1.54) is 100 Å². The van der Waals surface area contributed by atoms with Crippen LogP contribution >= 0.6 is 34.8 Å². The Balaban J connectivity index is 0.000000238. The van der Waals surface area contributed by atoms with Gasteiger partial charge in [0.1, 0.15) is 39.4 Å². The molecule has 0 aliphatic rings. The standard InChI is InChI=1S/C20H18FN5O3.C15H14ClN3O3.C8H9NO2.C7H6Cl2N2O.C5H5FN2/c1-11-7-12(20(28)29)3-5-15(11)25-16-8-18(24-10-14(16)19(27)22-2)26-17-6-4-13(21)9-23-17;1-8-5-9(15(21)22)3-4-11(8)19-12-6-13(16)18-7-10(12)14(20)17-2;1-5-4-6(8(10)11)2-3-7(5)9;1-10-7(12)4-3-11-6(9)2-5(4)8;6-4-1-2-5(7)8-3-4/h3-10H,1-2H3,(H,22,27)(H,28,29)(H2,23,24,25,26);3-7H,1-2H3,(H,17,20)(H,18,19)(H,21,22);2-4H,9H2,1H3,(H,10,11);2-3H,1H3,(H,10,12);1-3H,(H2,7,8). The van der Waals surface area contributed by atoms with Crippen LogP contribution in [0.25, 0.3) is 0 Å². The van der Waals surface area contributed by atoms with E-state index in [0.29, 0.717) is 73.2 Å². The number of nitrogens with zero attached hydrogens (tertiary/aromatic N) is 5. The minimum atomic E-state index is -1.02. The van der Waals surface area contributed by atoms with Crippen molar-refractivity contribution >= 4 is 116 Å². The molecule has 0 saturated carbocycles. The molecule has 0 bridgehead atoms. The number of rotatable bonds is 12. The Morgan fingerprint density at radius 3 is 1.27 bits per heavy atom. The second-order valence-electron chi connectivity index (χ2n) is 16.6. The van der Waals surface area contributed by atoms with Gasteiger partial charge in [0, 0.05) is 62.9 Å². The second kappa shape index (κ2) is 30.9. The number of carboxylic acid groups (broad SMARTS) is 3. The van der Waals surface area contributed by atoms with Crippen molar-refractivity contribution in [2.45, 2.75) is 20.8 Å². The zero-order chi connectivity index (χ0) is 60.8. The van der Waals surface area contributed by atoms with Crippen LogP contribution < -0.4 is 43.4 Å². The van der Waals surface area contributed by atoms with Gasteiger partial charge in [-0.1, -0.05) is 34.8 Å². The van der Waals surface area contributed by atoms with Crippen molar-refractivity contribution in [3.63, 3.8) is 0 Å². The Morgan fingerprint density at radius 1 is 0.439 bits per heavy atom. The number of aromatic nitrogens is 5. The monoisotopic (exact) mass is 1180 g/mol. The summed E-state index contributed by atoms with van der Waals surface area (Å²) in [5.74, 6) is -3.55. The van der Waals surface area contributed by atoms with Crippen molar-refractivity contribution in [1.82, 2.24) is 40.9 Å². The third kappa shape index (κ3) is 19.7. The molecule has 0 saturated heterocycles. The number of anilines is 8. The molecule has 0 aliphatic heterocycles. The Bertz CT molecular complexity index is 3580. The molecule has 426 valence electrons. The molecule has 3 aromatic carbocycles. The average Bonchev–Trinajstić information content (AvgIpc) is 3.66. The summed E-state index contributed by atoms with van der Waals surface area (Å²) in [6.07, 6.45) is 6.27. The summed E-state index contributed by atoms with van der Waals surface area (Å²) in [6, 6.07) is 23.9. The molecular formula is C55H52Cl3F2N13O9. The van der Waals surface area contributed by atoms with Crippen LogP contribution in [-0.2, 0) is 0 Å². The predicted octanol–water partition coefficient (Wildman–Crippen LogP) is 10.1. The number of nitrogen functional groups attached to an aromatic ring is 2. The number of pyridine rings is 5. The number of hydrogen-bond donors (Lipinski definition) is 11. The third-order valence-electron chi connectivity index (χ3n) is 10.7. The van der Waals surface area contributed by atoms with Crippen LogP contribution in [-0.4, -0.2) is 97.0 Å². The third-order valence-corrected chi connectivity index (χ3v) is 11.5. The Kier molecular flexibility index (Phi) is 24.3. The maximum absolute atomic E-state index is 13.0. The van der Waals surface area contributed by atoms with Crippen molar-refractivity contribution in [3.8, 4) is 0 Å². The van der Waals surface area contributed by atoms with E-state index in [-0.39, 0.29) is 50.5 Å².